The Bertz CT molecular complexity index is 949. The van der Waals surface area contributed by atoms with E-state index in [-0.39, 0.29) is 18.3 Å². The standard InChI is InChI=1S/C22H22FN3O2/c1-25(12-13-27)19-9-6-17(7-10-19)15-20-22(28)26(2)21(24-20)11-8-16-4-3-5-18(23)14-16/h3-11,14-15,27H,12-13H2,1-2H3/b11-8+,20-15+. The van der Waals surface area contributed by atoms with Crippen molar-refractivity contribution in [1.29, 1.82) is 0 Å². The molecule has 1 heterocycles. The zero-order chi connectivity index (χ0) is 20.1. The number of nitrogens with zero attached hydrogens (tertiary/aromatic N) is 3. The van der Waals surface area contributed by atoms with Gasteiger partial charge in [0.25, 0.3) is 5.91 Å². The summed E-state index contributed by atoms with van der Waals surface area (Å²) in [4.78, 5) is 20.3. The average molecular weight is 379 g/mol. The van der Waals surface area contributed by atoms with Crippen molar-refractivity contribution in [3.05, 3.63) is 77.2 Å². The van der Waals surface area contributed by atoms with Gasteiger partial charge in [-0.1, -0.05) is 30.3 Å². The molecule has 28 heavy (non-hydrogen) atoms. The van der Waals surface area contributed by atoms with Crippen molar-refractivity contribution >= 4 is 29.6 Å². The molecule has 0 spiro atoms. The van der Waals surface area contributed by atoms with Crippen LogP contribution in [0.15, 0.2) is 65.3 Å². The number of aliphatic hydroxyl groups is 1. The van der Waals surface area contributed by atoms with Crippen LogP contribution in [-0.2, 0) is 4.79 Å². The molecule has 2 aromatic rings. The summed E-state index contributed by atoms with van der Waals surface area (Å²) in [6.45, 7) is 0.638. The van der Waals surface area contributed by atoms with Gasteiger partial charge < -0.3 is 10.0 Å². The topological polar surface area (TPSA) is 56.1 Å². The Morgan fingerprint density at radius 3 is 2.57 bits per heavy atom. The van der Waals surface area contributed by atoms with Gasteiger partial charge in [0.2, 0.25) is 0 Å². The average Bonchev–Trinajstić information content (AvgIpc) is 2.95. The van der Waals surface area contributed by atoms with Gasteiger partial charge in [-0.3, -0.25) is 9.69 Å². The molecule has 0 aromatic heterocycles. The third-order valence-electron chi connectivity index (χ3n) is 4.45. The second-order valence-electron chi connectivity index (χ2n) is 6.49. The summed E-state index contributed by atoms with van der Waals surface area (Å²) in [5.41, 5.74) is 2.88. The molecule has 5 nitrogen and oxygen atoms in total. The highest BCUT2D eigenvalue weighted by Crippen LogP contribution is 2.20. The van der Waals surface area contributed by atoms with Crippen molar-refractivity contribution in [2.45, 2.75) is 0 Å². The van der Waals surface area contributed by atoms with Crippen LogP contribution < -0.4 is 4.90 Å². The smallest absolute Gasteiger partial charge is 0.277 e. The number of amides is 1. The highest BCUT2D eigenvalue weighted by Gasteiger charge is 2.25. The summed E-state index contributed by atoms with van der Waals surface area (Å²) in [6.07, 6.45) is 5.15. The van der Waals surface area contributed by atoms with E-state index < -0.39 is 0 Å². The first-order valence-electron chi connectivity index (χ1n) is 8.92. The predicted octanol–water partition coefficient (Wildman–Crippen LogP) is 3.18. The third-order valence-corrected chi connectivity index (χ3v) is 4.45. The highest BCUT2D eigenvalue weighted by atomic mass is 19.1. The fourth-order valence-corrected chi connectivity index (χ4v) is 2.81. The van der Waals surface area contributed by atoms with Gasteiger partial charge in [0.15, 0.2) is 0 Å². The van der Waals surface area contributed by atoms with Crippen molar-refractivity contribution in [3.8, 4) is 0 Å². The number of amidine groups is 1. The van der Waals surface area contributed by atoms with Crippen molar-refractivity contribution < 1.29 is 14.3 Å². The molecular formula is C22H22FN3O2. The van der Waals surface area contributed by atoms with Crippen molar-refractivity contribution in [2.75, 3.05) is 32.1 Å². The van der Waals surface area contributed by atoms with Gasteiger partial charge in [-0.2, -0.15) is 0 Å². The van der Waals surface area contributed by atoms with Crippen LogP contribution in [0.5, 0.6) is 0 Å². The molecule has 0 saturated carbocycles. The van der Waals surface area contributed by atoms with Crippen LogP contribution in [0.25, 0.3) is 12.2 Å². The minimum Gasteiger partial charge on any atom is -0.395 e. The number of anilines is 1. The Morgan fingerprint density at radius 1 is 1.14 bits per heavy atom. The predicted molar refractivity (Wildman–Crippen MR) is 110 cm³/mol. The van der Waals surface area contributed by atoms with Crippen LogP contribution in [0.4, 0.5) is 10.1 Å². The number of hydrogen-bond acceptors (Lipinski definition) is 4. The van der Waals surface area contributed by atoms with Gasteiger partial charge in [0, 0.05) is 26.3 Å². The zero-order valence-corrected chi connectivity index (χ0v) is 15.8. The molecule has 0 unspecified atom stereocenters. The number of aliphatic hydroxyl groups excluding tert-OH is 1. The third kappa shape index (κ3) is 4.53. The van der Waals surface area contributed by atoms with Crippen LogP contribution in [0, 0.1) is 5.82 Å². The summed E-state index contributed by atoms with van der Waals surface area (Å²) >= 11 is 0. The number of likely N-dealkylation sites (N-methyl/N-ethyl adjacent to an activating group) is 2. The molecule has 144 valence electrons. The maximum Gasteiger partial charge on any atom is 0.277 e. The number of carbonyl (C=O) groups is 1. The Morgan fingerprint density at radius 2 is 1.89 bits per heavy atom. The largest absolute Gasteiger partial charge is 0.395 e. The van der Waals surface area contributed by atoms with Gasteiger partial charge in [0.05, 0.1) is 6.61 Å². The van der Waals surface area contributed by atoms with Gasteiger partial charge in [-0.15, -0.1) is 0 Å². The summed E-state index contributed by atoms with van der Waals surface area (Å²) in [6, 6.07) is 13.9. The minimum absolute atomic E-state index is 0.0871. The lowest BCUT2D eigenvalue weighted by molar-refractivity contribution is -0.121. The van der Waals surface area contributed by atoms with Gasteiger partial charge in [-0.05, 0) is 47.5 Å². The van der Waals surface area contributed by atoms with Crippen molar-refractivity contribution in [2.24, 2.45) is 4.99 Å². The van der Waals surface area contributed by atoms with E-state index in [1.165, 1.54) is 17.0 Å². The number of benzene rings is 2. The first-order valence-corrected chi connectivity index (χ1v) is 8.92. The first kappa shape index (κ1) is 19.5. The number of hydrogen-bond donors (Lipinski definition) is 1. The summed E-state index contributed by atoms with van der Waals surface area (Å²) in [5, 5.41) is 9.02. The number of carbonyl (C=O) groups excluding carboxylic acids is 1. The van der Waals surface area contributed by atoms with E-state index in [4.69, 9.17) is 5.11 Å². The molecule has 0 radical (unpaired) electrons. The summed E-state index contributed by atoms with van der Waals surface area (Å²) < 4.78 is 13.3. The van der Waals surface area contributed by atoms with Gasteiger partial charge in [-0.25, -0.2) is 9.38 Å². The Hall–Kier alpha value is -3.25. The normalized spacial score (nSPS) is 15.6. The van der Waals surface area contributed by atoms with Crippen LogP contribution in [-0.4, -0.2) is 49.0 Å². The quantitative estimate of drug-likeness (QED) is 0.785. The van der Waals surface area contributed by atoms with Gasteiger partial charge in [0.1, 0.15) is 17.3 Å². The fraction of sp³-hybridized carbons (Fsp3) is 0.182. The molecule has 1 aliphatic heterocycles. The fourth-order valence-electron chi connectivity index (χ4n) is 2.81. The second kappa shape index (κ2) is 8.63. The lowest BCUT2D eigenvalue weighted by Gasteiger charge is -2.17. The Labute approximate surface area is 163 Å². The Kier molecular flexibility index (Phi) is 6.01. The van der Waals surface area contributed by atoms with E-state index in [1.807, 2.05) is 36.2 Å². The molecular weight excluding hydrogens is 357 g/mol. The molecule has 0 aliphatic carbocycles. The molecule has 1 aliphatic rings. The number of rotatable bonds is 6. The van der Waals surface area contributed by atoms with E-state index in [0.29, 0.717) is 23.6 Å². The van der Waals surface area contributed by atoms with E-state index >= 15 is 0 Å². The van der Waals surface area contributed by atoms with Crippen LogP contribution in [0.2, 0.25) is 0 Å². The lowest BCUT2D eigenvalue weighted by atomic mass is 10.1. The van der Waals surface area contributed by atoms with E-state index in [1.54, 1.807) is 37.4 Å². The molecule has 0 atom stereocenters. The van der Waals surface area contributed by atoms with Crippen LogP contribution in [0.3, 0.4) is 0 Å². The van der Waals surface area contributed by atoms with E-state index in [0.717, 1.165) is 11.3 Å². The molecule has 0 saturated heterocycles. The Balaban J connectivity index is 1.79. The SMILES string of the molecule is CN1C(=O)/C(=C\c2ccc(N(C)CCO)cc2)N=C1/C=C/c1cccc(F)c1. The van der Waals surface area contributed by atoms with Crippen LogP contribution >= 0.6 is 0 Å². The zero-order valence-electron chi connectivity index (χ0n) is 15.8. The summed E-state index contributed by atoms with van der Waals surface area (Å²) in [7, 11) is 3.56. The molecule has 3 rings (SSSR count). The first-order chi connectivity index (χ1) is 13.5. The number of aliphatic imine (C=N–C) groups is 1. The molecule has 0 fully saturated rings. The van der Waals surface area contributed by atoms with Gasteiger partial charge >= 0.3 is 0 Å². The maximum atomic E-state index is 13.3. The van der Waals surface area contributed by atoms with Crippen molar-refractivity contribution in [1.82, 2.24) is 4.90 Å². The summed E-state index contributed by atoms with van der Waals surface area (Å²) in [5.74, 6) is -0.00575. The van der Waals surface area contributed by atoms with Crippen LogP contribution in [0.1, 0.15) is 11.1 Å². The second-order valence-corrected chi connectivity index (χ2v) is 6.49. The molecule has 6 heteroatoms. The molecule has 2 aromatic carbocycles. The van der Waals surface area contributed by atoms with Crippen molar-refractivity contribution in [3.63, 3.8) is 0 Å². The number of halogens is 1. The molecule has 0 bridgehead atoms. The lowest BCUT2D eigenvalue weighted by Crippen LogP contribution is -2.26. The maximum absolute atomic E-state index is 13.3. The monoisotopic (exact) mass is 379 g/mol. The molecule has 1 amide bonds. The highest BCUT2D eigenvalue weighted by molar-refractivity contribution is 6.18. The van der Waals surface area contributed by atoms with E-state index in [9.17, 15) is 9.18 Å². The molecule has 1 N–H and O–H groups in total. The van der Waals surface area contributed by atoms with E-state index in [2.05, 4.69) is 4.99 Å². The minimum atomic E-state index is -0.311.